The van der Waals surface area contributed by atoms with Crippen LogP contribution in [0.15, 0.2) is 18.3 Å². The summed E-state index contributed by atoms with van der Waals surface area (Å²) in [6.45, 7) is 9.60. The van der Waals surface area contributed by atoms with Gasteiger partial charge in [-0.2, -0.15) is 0 Å². The molecular formula is C31H43N3O2. The van der Waals surface area contributed by atoms with Crippen LogP contribution >= 0.6 is 0 Å². The summed E-state index contributed by atoms with van der Waals surface area (Å²) < 4.78 is 0. The Hall–Kier alpha value is -1.91. The lowest BCUT2D eigenvalue weighted by atomic mass is 9.40. The van der Waals surface area contributed by atoms with E-state index in [-0.39, 0.29) is 44.3 Å². The van der Waals surface area contributed by atoms with Gasteiger partial charge in [0.1, 0.15) is 0 Å². The Morgan fingerprint density at radius 1 is 0.694 bits per heavy atom. The molecule has 0 aliphatic heterocycles. The van der Waals surface area contributed by atoms with Crippen LogP contribution in [0.25, 0.3) is 0 Å². The van der Waals surface area contributed by atoms with Gasteiger partial charge in [0.15, 0.2) is 5.82 Å². The standard InChI is InChI=1S/C31H43N3O2/c1-26-8-20-9-27(2,14-26)17-30(12-20,16-26)24(35)33-22-6-5-7-32-23(22)34-25(36)31-13-21-10-28(3,18-31)15-29(4,11-21)19-31/h5-7,20-21H,8-19H2,1-4H3,(H,33,35)(H,32,34,36). The Bertz CT molecular complexity index is 1030. The summed E-state index contributed by atoms with van der Waals surface area (Å²) in [5.41, 5.74) is 1.18. The highest BCUT2D eigenvalue weighted by Gasteiger charge is 2.64. The molecule has 0 saturated heterocycles. The second-order valence-corrected chi connectivity index (χ2v) is 16.1. The molecule has 8 bridgehead atoms. The fourth-order valence-corrected chi connectivity index (χ4v) is 12.5. The number of carbonyl (C=O) groups excluding carboxylic acids is 2. The number of hydrogen-bond donors (Lipinski definition) is 2. The lowest BCUT2D eigenvalue weighted by Gasteiger charge is -2.64. The van der Waals surface area contributed by atoms with Crippen molar-refractivity contribution in [3.05, 3.63) is 18.3 Å². The lowest BCUT2D eigenvalue weighted by molar-refractivity contribution is -0.165. The van der Waals surface area contributed by atoms with E-state index in [0.29, 0.717) is 23.3 Å². The molecule has 194 valence electrons. The Labute approximate surface area is 216 Å². The van der Waals surface area contributed by atoms with Gasteiger partial charge in [0.25, 0.3) is 0 Å². The third-order valence-corrected chi connectivity index (χ3v) is 11.5. The van der Waals surface area contributed by atoms with Gasteiger partial charge in [-0.05, 0) is 123 Å². The highest BCUT2D eigenvalue weighted by Crippen LogP contribution is 2.71. The average molecular weight is 490 g/mol. The highest BCUT2D eigenvalue weighted by molar-refractivity contribution is 6.02. The molecule has 2 N–H and O–H groups in total. The summed E-state index contributed by atoms with van der Waals surface area (Å²) in [5.74, 6) is 2.09. The van der Waals surface area contributed by atoms with Gasteiger partial charge >= 0.3 is 0 Å². The van der Waals surface area contributed by atoms with Crippen LogP contribution in [0.1, 0.15) is 105 Å². The Kier molecular flexibility index (Phi) is 4.47. The van der Waals surface area contributed by atoms with Crippen LogP contribution in [-0.2, 0) is 9.59 Å². The first-order chi connectivity index (χ1) is 16.8. The third kappa shape index (κ3) is 3.43. The molecule has 8 fully saturated rings. The molecule has 4 atom stereocenters. The van der Waals surface area contributed by atoms with Gasteiger partial charge in [-0.15, -0.1) is 0 Å². The topological polar surface area (TPSA) is 71.1 Å². The molecule has 5 heteroatoms. The third-order valence-electron chi connectivity index (χ3n) is 11.5. The number of pyridine rings is 1. The average Bonchev–Trinajstić information content (AvgIpc) is 2.70. The molecule has 9 rings (SSSR count). The van der Waals surface area contributed by atoms with Gasteiger partial charge in [0.05, 0.1) is 16.5 Å². The van der Waals surface area contributed by atoms with Crippen molar-refractivity contribution >= 4 is 23.3 Å². The fourth-order valence-electron chi connectivity index (χ4n) is 12.5. The zero-order valence-corrected chi connectivity index (χ0v) is 22.6. The number of nitrogens with zero attached hydrogens (tertiary/aromatic N) is 1. The molecular weight excluding hydrogens is 446 g/mol. The van der Waals surface area contributed by atoms with Crippen molar-refractivity contribution in [1.82, 2.24) is 4.98 Å². The predicted octanol–water partition coefficient (Wildman–Crippen LogP) is 6.95. The van der Waals surface area contributed by atoms with Crippen LogP contribution in [-0.4, -0.2) is 16.8 Å². The molecule has 8 aliphatic rings. The van der Waals surface area contributed by atoms with E-state index in [4.69, 9.17) is 0 Å². The first-order valence-electron chi connectivity index (χ1n) is 14.4. The second-order valence-electron chi connectivity index (χ2n) is 16.1. The maximum absolute atomic E-state index is 13.9. The van der Waals surface area contributed by atoms with E-state index in [9.17, 15) is 9.59 Å². The number of carbonyl (C=O) groups is 2. The van der Waals surface area contributed by atoms with E-state index >= 15 is 0 Å². The van der Waals surface area contributed by atoms with Crippen LogP contribution in [0.3, 0.4) is 0 Å². The fraction of sp³-hybridized carbons (Fsp3) is 0.774. The summed E-state index contributed by atoms with van der Waals surface area (Å²) in [6.07, 6.45) is 15.2. The number of nitrogens with one attached hydrogen (secondary N) is 2. The molecule has 1 aromatic rings. The zero-order valence-electron chi connectivity index (χ0n) is 22.6. The van der Waals surface area contributed by atoms with E-state index in [1.165, 1.54) is 38.5 Å². The number of aromatic nitrogens is 1. The van der Waals surface area contributed by atoms with Crippen LogP contribution in [0.4, 0.5) is 11.5 Å². The summed E-state index contributed by atoms with van der Waals surface area (Å²) >= 11 is 0. The SMILES string of the molecule is CC12CC3CC(C)(C1)CC(C(=O)Nc1cccnc1NC(=O)C14CC5CC(C)(CC(C)(C5)C1)C4)(C3)C2. The van der Waals surface area contributed by atoms with E-state index in [0.717, 1.165) is 38.5 Å². The minimum atomic E-state index is -0.301. The Morgan fingerprint density at radius 2 is 1.14 bits per heavy atom. The highest BCUT2D eigenvalue weighted by atomic mass is 16.2. The zero-order chi connectivity index (χ0) is 25.2. The van der Waals surface area contributed by atoms with Gasteiger partial charge < -0.3 is 10.6 Å². The molecule has 0 spiro atoms. The number of hydrogen-bond acceptors (Lipinski definition) is 3. The van der Waals surface area contributed by atoms with E-state index < -0.39 is 0 Å². The van der Waals surface area contributed by atoms with E-state index in [2.05, 4.69) is 43.3 Å². The maximum atomic E-state index is 13.9. The number of anilines is 2. The quantitative estimate of drug-likeness (QED) is 0.481. The maximum Gasteiger partial charge on any atom is 0.231 e. The van der Waals surface area contributed by atoms with Crippen LogP contribution in [0.5, 0.6) is 0 Å². The van der Waals surface area contributed by atoms with Crippen LogP contribution < -0.4 is 10.6 Å². The molecule has 8 aliphatic carbocycles. The first-order valence-corrected chi connectivity index (χ1v) is 14.4. The van der Waals surface area contributed by atoms with Crippen molar-refractivity contribution in [2.75, 3.05) is 10.6 Å². The molecule has 1 heterocycles. The van der Waals surface area contributed by atoms with Crippen molar-refractivity contribution in [2.45, 2.75) is 105 Å². The normalized spacial score (nSPS) is 49.8. The first kappa shape index (κ1) is 23.2. The van der Waals surface area contributed by atoms with Crippen molar-refractivity contribution < 1.29 is 9.59 Å². The van der Waals surface area contributed by atoms with Crippen molar-refractivity contribution in [1.29, 1.82) is 0 Å². The molecule has 5 nitrogen and oxygen atoms in total. The largest absolute Gasteiger partial charge is 0.322 e. The molecule has 0 radical (unpaired) electrons. The summed E-state index contributed by atoms with van der Waals surface area (Å²) in [5, 5.41) is 6.51. The summed E-state index contributed by atoms with van der Waals surface area (Å²) in [4.78, 5) is 32.4. The lowest BCUT2D eigenvalue weighted by Crippen LogP contribution is -2.59. The minimum absolute atomic E-state index is 0.119. The molecule has 8 saturated carbocycles. The van der Waals surface area contributed by atoms with Crippen LogP contribution in [0, 0.1) is 44.3 Å². The number of amides is 2. The molecule has 0 aromatic carbocycles. The number of rotatable bonds is 4. The van der Waals surface area contributed by atoms with Gasteiger partial charge in [0.2, 0.25) is 11.8 Å². The van der Waals surface area contributed by atoms with Gasteiger partial charge in [-0.1, -0.05) is 27.7 Å². The Morgan fingerprint density at radius 3 is 1.58 bits per heavy atom. The molecule has 4 unspecified atom stereocenters. The van der Waals surface area contributed by atoms with Crippen LogP contribution in [0.2, 0.25) is 0 Å². The Balaban J connectivity index is 1.13. The van der Waals surface area contributed by atoms with Gasteiger partial charge in [-0.3, -0.25) is 9.59 Å². The predicted molar refractivity (Wildman–Crippen MR) is 141 cm³/mol. The monoisotopic (exact) mass is 489 g/mol. The smallest absolute Gasteiger partial charge is 0.231 e. The molecule has 2 amide bonds. The van der Waals surface area contributed by atoms with Crippen molar-refractivity contribution in [3.63, 3.8) is 0 Å². The van der Waals surface area contributed by atoms with Gasteiger partial charge in [0, 0.05) is 6.20 Å². The van der Waals surface area contributed by atoms with Crippen molar-refractivity contribution in [2.24, 2.45) is 44.3 Å². The van der Waals surface area contributed by atoms with E-state index in [1.807, 2.05) is 12.1 Å². The van der Waals surface area contributed by atoms with E-state index in [1.54, 1.807) is 6.20 Å². The van der Waals surface area contributed by atoms with Crippen molar-refractivity contribution in [3.8, 4) is 0 Å². The second kappa shape index (κ2) is 6.94. The van der Waals surface area contributed by atoms with Gasteiger partial charge in [-0.25, -0.2) is 4.98 Å². The summed E-state index contributed by atoms with van der Waals surface area (Å²) in [7, 11) is 0. The summed E-state index contributed by atoms with van der Waals surface area (Å²) in [6, 6.07) is 3.77. The molecule has 36 heavy (non-hydrogen) atoms. The molecule has 1 aromatic heterocycles. The minimum Gasteiger partial charge on any atom is -0.322 e.